The number of aliphatic hydroxyl groups is 1. The molecule has 1 unspecified atom stereocenters. The van der Waals surface area contributed by atoms with E-state index in [4.69, 9.17) is 5.11 Å². The van der Waals surface area contributed by atoms with Crippen molar-refractivity contribution in [1.29, 1.82) is 0 Å². The van der Waals surface area contributed by atoms with Gasteiger partial charge in [0.2, 0.25) is 0 Å². The standard InChI is InChI=1S/C5H10O4/c1-2-3-8-5(7)9-4-6/h4-5,7H,2-3H2,1H3. The first-order valence-electron chi connectivity index (χ1n) is 2.70. The summed E-state index contributed by atoms with van der Waals surface area (Å²) in [5, 5.41) is 8.50. The molecule has 0 aliphatic rings. The predicted octanol–water partition coefficient (Wildman–Crippen LogP) is -0.138. The zero-order chi connectivity index (χ0) is 7.11. The van der Waals surface area contributed by atoms with Crippen LogP contribution in [0.4, 0.5) is 0 Å². The van der Waals surface area contributed by atoms with Crippen LogP contribution in [0.1, 0.15) is 13.3 Å². The van der Waals surface area contributed by atoms with Gasteiger partial charge in [0.15, 0.2) is 0 Å². The second-order valence-electron chi connectivity index (χ2n) is 1.41. The van der Waals surface area contributed by atoms with Crippen molar-refractivity contribution in [1.82, 2.24) is 0 Å². The average molecular weight is 134 g/mol. The van der Waals surface area contributed by atoms with Gasteiger partial charge in [0.1, 0.15) is 0 Å². The summed E-state index contributed by atoms with van der Waals surface area (Å²) >= 11 is 0. The van der Waals surface area contributed by atoms with Crippen molar-refractivity contribution in [3.63, 3.8) is 0 Å². The Balaban J connectivity index is 3.04. The highest BCUT2D eigenvalue weighted by Crippen LogP contribution is 1.87. The minimum atomic E-state index is -1.40. The van der Waals surface area contributed by atoms with Crippen molar-refractivity contribution in [2.75, 3.05) is 6.61 Å². The molecule has 0 aliphatic carbocycles. The van der Waals surface area contributed by atoms with Gasteiger partial charge in [-0.05, 0) is 6.42 Å². The second-order valence-corrected chi connectivity index (χ2v) is 1.41. The van der Waals surface area contributed by atoms with Gasteiger partial charge >= 0.3 is 6.48 Å². The minimum absolute atomic E-state index is 0.139. The Labute approximate surface area is 53.4 Å². The molecular formula is C5H10O4. The molecule has 0 radical (unpaired) electrons. The fraction of sp³-hybridized carbons (Fsp3) is 0.800. The molecule has 0 aromatic rings. The number of hydrogen-bond donors (Lipinski definition) is 1. The monoisotopic (exact) mass is 134 g/mol. The maximum atomic E-state index is 9.52. The van der Waals surface area contributed by atoms with E-state index in [0.29, 0.717) is 6.61 Å². The fourth-order valence-corrected chi connectivity index (χ4v) is 0.305. The molecule has 0 bridgehead atoms. The smallest absolute Gasteiger partial charge is 0.315 e. The summed E-state index contributed by atoms with van der Waals surface area (Å²) in [7, 11) is 0. The molecule has 54 valence electrons. The molecule has 4 heteroatoms. The second kappa shape index (κ2) is 5.53. The highest BCUT2D eigenvalue weighted by atomic mass is 16.8. The van der Waals surface area contributed by atoms with Crippen molar-refractivity contribution in [3.8, 4) is 0 Å². The third kappa shape index (κ3) is 5.26. The molecule has 4 nitrogen and oxygen atoms in total. The Kier molecular flexibility index (Phi) is 5.15. The third-order valence-electron chi connectivity index (χ3n) is 0.637. The zero-order valence-electron chi connectivity index (χ0n) is 5.24. The van der Waals surface area contributed by atoms with Gasteiger partial charge in [-0.15, -0.1) is 0 Å². The van der Waals surface area contributed by atoms with E-state index in [1.54, 1.807) is 0 Å². The third-order valence-corrected chi connectivity index (χ3v) is 0.637. The van der Waals surface area contributed by atoms with E-state index in [-0.39, 0.29) is 6.47 Å². The number of ether oxygens (including phenoxy) is 2. The van der Waals surface area contributed by atoms with Crippen LogP contribution in [-0.4, -0.2) is 24.7 Å². The topological polar surface area (TPSA) is 55.8 Å². The van der Waals surface area contributed by atoms with Crippen molar-refractivity contribution in [2.45, 2.75) is 19.8 Å². The van der Waals surface area contributed by atoms with Crippen molar-refractivity contribution in [2.24, 2.45) is 0 Å². The van der Waals surface area contributed by atoms with Gasteiger partial charge in [-0.2, -0.15) is 0 Å². The van der Waals surface area contributed by atoms with Gasteiger partial charge in [0.25, 0.3) is 6.47 Å². The summed E-state index contributed by atoms with van der Waals surface area (Å²) in [5.41, 5.74) is 0. The summed E-state index contributed by atoms with van der Waals surface area (Å²) in [6.45, 7) is 1.01. The fourth-order valence-electron chi connectivity index (χ4n) is 0.305. The number of rotatable bonds is 5. The summed E-state index contributed by atoms with van der Waals surface area (Å²) in [4.78, 5) is 9.52. The van der Waals surface area contributed by atoms with Gasteiger partial charge < -0.3 is 14.6 Å². The van der Waals surface area contributed by atoms with Gasteiger partial charge in [-0.25, -0.2) is 0 Å². The van der Waals surface area contributed by atoms with Crippen molar-refractivity contribution >= 4 is 6.47 Å². The highest BCUT2D eigenvalue weighted by molar-refractivity contribution is 5.36. The SMILES string of the molecule is CCCOC(O)OC=O. The molecule has 0 heterocycles. The first-order chi connectivity index (χ1) is 4.31. The Bertz CT molecular complexity index is 73.4. The Morgan fingerprint density at radius 1 is 1.78 bits per heavy atom. The van der Waals surface area contributed by atoms with Crippen LogP contribution in [0.2, 0.25) is 0 Å². The molecule has 0 aromatic carbocycles. The molecule has 0 amide bonds. The molecule has 1 N–H and O–H groups in total. The normalized spacial score (nSPS) is 12.7. The summed E-state index contributed by atoms with van der Waals surface area (Å²) in [6.07, 6.45) is 0.777. The molecule has 1 atom stereocenters. The summed E-state index contributed by atoms with van der Waals surface area (Å²) < 4.78 is 8.53. The van der Waals surface area contributed by atoms with Gasteiger partial charge in [0, 0.05) is 0 Å². The Morgan fingerprint density at radius 2 is 2.44 bits per heavy atom. The van der Waals surface area contributed by atoms with Crippen LogP contribution in [0.25, 0.3) is 0 Å². The molecule has 0 saturated heterocycles. The average Bonchev–Trinajstić information content (AvgIpc) is 1.85. The number of carbonyl (C=O) groups excluding carboxylic acids is 1. The maximum absolute atomic E-state index is 9.52. The van der Waals surface area contributed by atoms with Crippen LogP contribution in [0, 0.1) is 0 Å². The lowest BCUT2D eigenvalue weighted by molar-refractivity contribution is -0.244. The zero-order valence-corrected chi connectivity index (χ0v) is 5.24. The summed E-state index contributed by atoms with van der Waals surface area (Å²) in [5.74, 6) is 0. The van der Waals surface area contributed by atoms with Gasteiger partial charge in [-0.3, -0.25) is 4.79 Å². The molecule has 0 rings (SSSR count). The van der Waals surface area contributed by atoms with Crippen molar-refractivity contribution in [3.05, 3.63) is 0 Å². The maximum Gasteiger partial charge on any atom is 0.315 e. The van der Waals surface area contributed by atoms with E-state index in [2.05, 4.69) is 9.47 Å². The Morgan fingerprint density at radius 3 is 2.89 bits per heavy atom. The first kappa shape index (κ1) is 8.39. The molecule has 0 saturated carbocycles. The van der Waals surface area contributed by atoms with Crippen molar-refractivity contribution < 1.29 is 19.4 Å². The Hall–Kier alpha value is -0.610. The largest absolute Gasteiger partial charge is 0.413 e. The molecule has 0 spiro atoms. The van der Waals surface area contributed by atoms with Crippen LogP contribution in [0.3, 0.4) is 0 Å². The molecular weight excluding hydrogens is 124 g/mol. The lowest BCUT2D eigenvalue weighted by atomic mass is 10.5. The van der Waals surface area contributed by atoms with E-state index in [1.807, 2.05) is 6.92 Å². The minimum Gasteiger partial charge on any atom is -0.413 e. The number of carbonyl (C=O) groups is 1. The van der Waals surface area contributed by atoms with E-state index in [0.717, 1.165) is 6.42 Å². The lowest BCUT2D eigenvalue weighted by Crippen LogP contribution is -2.15. The molecule has 9 heavy (non-hydrogen) atoms. The van der Waals surface area contributed by atoms with Crippen LogP contribution in [0.15, 0.2) is 0 Å². The lowest BCUT2D eigenvalue weighted by Gasteiger charge is -2.06. The highest BCUT2D eigenvalue weighted by Gasteiger charge is 1.99. The van der Waals surface area contributed by atoms with Crippen LogP contribution < -0.4 is 0 Å². The van der Waals surface area contributed by atoms with E-state index >= 15 is 0 Å². The number of aliphatic hydroxyl groups excluding tert-OH is 1. The quantitative estimate of drug-likeness (QED) is 0.420. The molecule has 0 fully saturated rings. The number of hydrogen-bond acceptors (Lipinski definition) is 4. The van der Waals surface area contributed by atoms with Gasteiger partial charge in [-0.1, -0.05) is 6.92 Å². The molecule has 0 aromatic heterocycles. The van der Waals surface area contributed by atoms with Crippen LogP contribution in [-0.2, 0) is 14.3 Å². The summed E-state index contributed by atoms with van der Waals surface area (Å²) in [6, 6.07) is 0. The van der Waals surface area contributed by atoms with Crippen LogP contribution in [0.5, 0.6) is 0 Å². The van der Waals surface area contributed by atoms with E-state index in [1.165, 1.54) is 0 Å². The molecule has 0 aliphatic heterocycles. The first-order valence-corrected chi connectivity index (χ1v) is 2.70. The predicted molar refractivity (Wildman–Crippen MR) is 29.4 cm³/mol. The van der Waals surface area contributed by atoms with Gasteiger partial charge in [0.05, 0.1) is 6.61 Å². The van der Waals surface area contributed by atoms with E-state index < -0.39 is 6.48 Å². The van der Waals surface area contributed by atoms with Crippen LogP contribution >= 0.6 is 0 Å². The van der Waals surface area contributed by atoms with E-state index in [9.17, 15) is 4.79 Å².